The zero-order valence-electron chi connectivity index (χ0n) is 14.8. The molecular weight excluding hydrogens is 356 g/mol. The molecule has 6 nitrogen and oxygen atoms in total. The number of unbranched alkanes of at least 4 members (excludes halogenated alkanes) is 1. The van der Waals surface area contributed by atoms with E-state index in [1.807, 2.05) is 6.92 Å². The molecule has 0 unspecified atom stereocenters. The van der Waals surface area contributed by atoms with Crippen LogP contribution in [0.25, 0.3) is 0 Å². The van der Waals surface area contributed by atoms with Crippen LogP contribution in [-0.4, -0.2) is 33.2 Å². The number of sulfone groups is 1. The van der Waals surface area contributed by atoms with E-state index in [2.05, 4.69) is 0 Å². The summed E-state index contributed by atoms with van der Waals surface area (Å²) in [4.78, 5) is 11.1. The van der Waals surface area contributed by atoms with Crippen LogP contribution < -0.4 is 9.47 Å². The predicted octanol–water partition coefficient (Wildman–Crippen LogP) is 3.33. The van der Waals surface area contributed by atoms with Crippen molar-refractivity contribution in [3.05, 3.63) is 48.0 Å². The number of methoxy groups -OCH3 is 1. The maximum absolute atomic E-state index is 13.0. The Morgan fingerprint density at radius 2 is 1.81 bits per heavy atom. The zero-order chi connectivity index (χ0) is 19.2. The first kappa shape index (κ1) is 19.8. The lowest BCUT2D eigenvalue weighted by atomic mass is 10.1. The fourth-order valence-corrected chi connectivity index (χ4v) is 3.76. The molecule has 0 spiro atoms. The number of carboxylic acids is 1. The lowest BCUT2D eigenvalue weighted by molar-refractivity contribution is -0.136. The quantitative estimate of drug-likeness (QED) is 0.673. The normalized spacial score (nSPS) is 11.2. The second-order valence-electron chi connectivity index (χ2n) is 5.77. The number of ether oxygens (including phenoxy) is 2. The molecule has 0 amide bonds. The molecule has 0 aliphatic carbocycles. The van der Waals surface area contributed by atoms with Crippen molar-refractivity contribution in [3.63, 3.8) is 0 Å². The smallest absolute Gasteiger partial charge is 0.307 e. The Morgan fingerprint density at radius 3 is 2.46 bits per heavy atom. The van der Waals surface area contributed by atoms with Crippen molar-refractivity contribution in [2.75, 3.05) is 13.7 Å². The average Bonchev–Trinajstić information content (AvgIpc) is 2.61. The summed E-state index contributed by atoms with van der Waals surface area (Å²) in [7, 11) is -2.38. The first-order valence-corrected chi connectivity index (χ1v) is 9.73. The van der Waals surface area contributed by atoms with E-state index in [0.717, 1.165) is 12.8 Å². The summed E-state index contributed by atoms with van der Waals surface area (Å²) in [6.45, 7) is 2.45. The number of carboxylic acid groups (broad SMARTS) is 1. The van der Waals surface area contributed by atoms with Gasteiger partial charge in [0.2, 0.25) is 9.84 Å². The van der Waals surface area contributed by atoms with Gasteiger partial charge in [0, 0.05) is 0 Å². The van der Waals surface area contributed by atoms with E-state index in [1.54, 1.807) is 18.2 Å². The van der Waals surface area contributed by atoms with Crippen molar-refractivity contribution in [3.8, 4) is 11.5 Å². The Morgan fingerprint density at radius 1 is 1.08 bits per heavy atom. The highest BCUT2D eigenvalue weighted by atomic mass is 32.2. The third-order valence-corrected chi connectivity index (χ3v) is 5.45. The fourth-order valence-electron chi connectivity index (χ4n) is 2.38. The first-order chi connectivity index (χ1) is 12.4. The Labute approximate surface area is 153 Å². The highest BCUT2D eigenvalue weighted by Gasteiger charge is 2.20. The summed E-state index contributed by atoms with van der Waals surface area (Å²) in [5.41, 5.74) is 0.368. The van der Waals surface area contributed by atoms with Gasteiger partial charge in [0.05, 0.1) is 29.9 Å². The minimum Gasteiger partial charge on any atom is -0.497 e. The van der Waals surface area contributed by atoms with E-state index < -0.39 is 15.8 Å². The van der Waals surface area contributed by atoms with E-state index in [0.29, 0.717) is 23.7 Å². The van der Waals surface area contributed by atoms with Crippen molar-refractivity contribution in [1.29, 1.82) is 0 Å². The number of carbonyl (C=O) groups is 1. The highest BCUT2D eigenvalue weighted by molar-refractivity contribution is 7.91. The molecule has 0 aliphatic heterocycles. The van der Waals surface area contributed by atoms with Gasteiger partial charge < -0.3 is 14.6 Å². The average molecular weight is 378 g/mol. The van der Waals surface area contributed by atoms with E-state index in [9.17, 15) is 13.2 Å². The maximum atomic E-state index is 13.0. The summed E-state index contributed by atoms with van der Waals surface area (Å²) in [6, 6.07) is 10.5. The summed E-state index contributed by atoms with van der Waals surface area (Å²) in [5, 5.41) is 9.04. The highest BCUT2D eigenvalue weighted by Crippen LogP contribution is 2.28. The standard InChI is InChI=1S/C19H22O6S/c1-3-4-8-25-16-9-14(11-19(20)21)10-18(13-16)26(22,23)17-7-5-6-15(12-17)24-2/h5-7,9-10,12-13H,3-4,8,11H2,1-2H3,(H,20,21). The van der Waals surface area contributed by atoms with Gasteiger partial charge in [-0.1, -0.05) is 19.4 Å². The number of rotatable bonds is 9. The van der Waals surface area contributed by atoms with Gasteiger partial charge in [-0.05, 0) is 48.4 Å². The van der Waals surface area contributed by atoms with E-state index in [1.165, 1.54) is 31.4 Å². The molecule has 0 saturated heterocycles. The SMILES string of the molecule is CCCCOc1cc(CC(=O)O)cc(S(=O)(=O)c2cccc(OC)c2)c1. The van der Waals surface area contributed by atoms with Gasteiger partial charge in [-0.25, -0.2) is 8.42 Å². The van der Waals surface area contributed by atoms with Gasteiger partial charge in [-0.3, -0.25) is 4.79 Å². The lowest BCUT2D eigenvalue weighted by Crippen LogP contribution is -2.07. The molecule has 0 atom stereocenters. The molecule has 0 heterocycles. The lowest BCUT2D eigenvalue weighted by Gasteiger charge is -2.12. The van der Waals surface area contributed by atoms with Gasteiger partial charge in [0.15, 0.2) is 0 Å². The molecule has 140 valence electrons. The number of benzene rings is 2. The maximum Gasteiger partial charge on any atom is 0.307 e. The van der Waals surface area contributed by atoms with Crippen LogP contribution in [-0.2, 0) is 21.1 Å². The predicted molar refractivity (Wildman–Crippen MR) is 96.6 cm³/mol. The van der Waals surface area contributed by atoms with Crippen LogP contribution in [0.5, 0.6) is 11.5 Å². The first-order valence-electron chi connectivity index (χ1n) is 8.24. The van der Waals surface area contributed by atoms with Crippen LogP contribution in [0.1, 0.15) is 25.3 Å². The molecule has 7 heteroatoms. The summed E-state index contributed by atoms with van der Waals surface area (Å²) in [6.07, 6.45) is 1.47. The Kier molecular flexibility index (Phi) is 6.63. The van der Waals surface area contributed by atoms with Crippen molar-refractivity contribution >= 4 is 15.8 Å². The second-order valence-corrected chi connectivity index (χ2v) is 7.72. The molecule has 0 saturated carbocycles. The van der Waals surface area contributed by atoms with E-state index in [4.69, 9.17) is 14.6 Å². The Hall–Kier alpha value is -2.54. The molecule has 2 aromatic carbocycles. The fraction of sp³-hybridized carbons (Fsp3) is 0.316. The Bertz CT molecular complexity index is 873. The molecule has 26 heavy (non-hydrogen) atoms. The van der Waals surface area contributed by atoms with Crippen LogP contribution >= 0.6 is 0 Å². The van der Waals surface area contributed by atoms with Crippen LogP contribution in [0.4, 0.5) is 0 Å². The zero-order valence-corrected chi connectivity index (χ0v) is 15.6. The van der Waals surface area contributed by atoms with Gasteiger partial charge in [0.25, 0.3) is 0 Å². The van der Waals surface area contributed by atoms with E-state index >= 15 is 0 Å². The van der Waals surface area contributed by atoms with Crippen LogP contribution in [0.2, 0.25) is 0 Å². The van der Waals surface area contributed by atoms with Crippen molar-refractivity contribution in [1.82, 2.24) is 0 Å². The molecule has 0 aliphatic rings. The van der Waals surface area contributed by atoms with Gasteiger partial charge >= 0.3 is 5.97 Å². The number of hydrogen-bond donors (Lipinski definition) is 1. The second kappa shape index (κ2) is 8.71. The van der Waals surface area contributed by atoms with Gasteiger partial charge in [-0.15, -0.1) is 0 Å². The molecule has 2 aromatic rings. The summed E-state index contributed by atoms with van der Waals surface area (Å²) in [5.74, 6) is -0.272. The summed E-state index contributed by atoms with van der Waals surface area (Å²) >= 11 is 0. The Balaban J connectivity index is 2.47. The minimum atomic E-state index is -3.84. The van der Waals surface area contributed by atoms with Crippen molar-refractivity contribution in [2.45, 2.75) is 36.0 Å². The van der Waals surface area contributed by atoms with Crippen LogP contribution in [0.3, 0.4) is 0 Å². The van der Waals surface area contributed by atoms with Gasteiger partial charge in [0.1, 0.15) is 11.5 Å². The van der Waals surface area contributed by atoms with Crippen LogP contribution in [0.15, 0.2) is 52.3 Å². The molecule has 0 radical (unpaired) electrons. The van der Waals surface area contributed by atoms with Crippen LogP contribution in [0, 0.1) is 0 Å². The molecule has 1 N–H and O–H groups in total. The summed E-state index contributed by atoms with van der Waals surface area (Å²) < 4.78 is 36.6. The third-order valence-electron chi connectivity index (χ3n) is 3.72. The monoisotopic (exact) mass is 378 g/mol. The topological polar surface area (TPSA) is 89.9 Å². The van der Waals surface area contributed by atoms with E-state index in [-0.39, 0.29) is 16.2 Å². The largest absolute Gasteiger partial charge is 0.497 e. The van der Waals surface area contributed by atoms with Crippen molar-refractivity contribution in [2.24, 2.45) is 0 Å². The minimum absolute atomic E-state index is 0.00370. The van der Waals surface area contributed by atoms with Crippen molar-refractivity contribution < 1.29 is 27.8 Å². The molecular formula is C19H22O6S. The molecule has 2 rings (SSSR count). The number of aliphatic carboxylic acids is 1. The van der Waals surface area contributed by atoms with Gasteiger partial charge in [-0.2, -0.15) is 0 Å². The number of hydrogen-bond acceptors (Lipinski definition) is 5. The third kappa shape index (κ3) is 4.98. The molecule has 0 aromatic heterocycles. The molecule has 0 bridgehead atoms. The molecule has 0 fully saturated rings.